The third-order valence-electron chi connectivity index (χ3n) is 3.70. The Morgan fingerprint density at radius 1 is 0.875 bits per heavy atom. The van der Waals surface area contributed by atoms with E-state index in [0.29, 0.717) is 10.6 Å². The average Bonchev–Trinajstić information content (AvgIpc) is 2.62. The van der Waals surface area contributed by atoms with Crippen molar-refractivity contribution in [3.05, 3.63) is 101 Å². The van der Waals surface area contributed by atoms with Gasteiger partial charge in [-0.15, -0.1) is 0 Å². The van der Waals surface area contributed by atoms with Crippen molar-refractivity contribution < 1.29 is 9.36 Å². The summed E-state index contributed by atoms with van der Waals surface area (Å²) in [5.41, 5.74) is 2.76. The largest absolute Gasteiger partial charge is 0.287 e. The van der Waals surface area contributed by atoms with Crippen LogP contribution in [0.4, 0.5) is 0 Å². The van der Waals surface area contributed by atoms with Crippen LogP contribution in [0, 0.1) is 0 Å². The monoisotopic (exact) mass is 334 g/mol. The maximum atomic E-state index is 12.5. The second-order valence-corrected chi connectivity index (χ2v) is 5.86. The molecule has 0 unspecified atom stereocenters. The molecule has 0 spiro atoms. The second-order valence-electron chi connectivity index (χ2n) is 5.43. The van der Waals surface area contributed by atoms with Crippen LogP contribution in [-0.2, 0) is 6.54 Å². The summed E-state index contributed by atoms with van der Waals surface area (Å²) >= 11 is 5.88. The van der Waals surface area contributed by atoms with E-state index in [-0.39, 0.29) is 12.3 Å². The molecule has 0 atom stereocenters. The van der Waals surface area contributed by atoms with Crippen molar-refractivity contribution in [3.63, 3.8) is 0 Å². The summed E-state index contributed by atoms with van der Waals surface area (Å²) in [5, 5.41) is 0.630. The van der Waals surface area contributed by atoms with Crippen molar-refractivity contribution in [1.82, 2.24) is 0 Å². The van der Waals surface area contributed by atoms with E-state index >= 15 is 0 Å². The normalized spacial score (nSPS) is 10.9. The molecular formula is C21H17ClNO+. The molecule has 3 heteroatoms. The quantitative estimate of drug-likeness (QED) is 0.490. The predicted molar refractivity (Wildman–Crippen MR) is 97.8 cm³/mol. The summed E-state index contributed by atoms with van der Waals surface area (Å²) < 4.78 is 1.94. The van der Waals surface area contributed by atoms with Gasteiger partial charge in [-0.1, -0.05) is 41.9 Å². The van der Waals surface area contributed by atoms with Crippen LogP contribution in [-0.4, -0.2) is 5.78 Å². The molecule has 0 aliphatic heterocycles. The maximum Gasteiger partial charge on any atom is 0.227 e. The lowest BCUT2D eigenvalue weighted by molar-refractivity contribution is -0.684. The zero-order valence-electron chi connectivity index (χ0n) is 13.1. The Hall–Kier alpha value is -2.71. The molecule has 2 aromatic carbocycles. The Morgan fingerprint density at radius 2 is 1.58 bits per heavy atom. The van der Waals surface area contributed by atoms with Gasteiger partial charge in [0, 0.05) is 28.8 Å². The SMILES string of the molecule is O=C(C[n+]1ccccc1/C=C/c1ccccc1)c1ccc(Cl)cc1. The summed E-state index contributed by atoms with van der Waals surface area (Å²) in [6, 6.07) is 23.0. The summed E-state index contributed by atoms with van der Waals surface area (Å²) in [5.74, 6) is 0.0530. The Labute approximate surface area is 146 Å². The Balaban J connectivity index is 1.80. The molecule has 0 bridgehead atoms. The van der Waals surface area contributed by atoms with Gasteiger partial charge in [-0.3, -0.25) is 4.79 Å². The van der Waals surface area contributed by atoms with Gasteiger partial charge < -0.3 is 0 Å². The van der Waals surface area contributed by atoms with Gasteiger partial charge in [0.1, 0.15) is 0 Å². The lowest BCUT2D eigenvalue weighted by atomic mass is 10.1. The third kappa shape index (κ3) is 4.18. The van der Waals surface area contributed by atoms with Crippen LogP contribution in [0.15, 0.2) is 79.0 Å². The first kappa shape index (κ1) is 16.2. The predicted octanol–water partition coefficient (Wildman–Crippen LogP) is 4.68. The van der Waals surface area contributed by atoms with Crippen molar-refractivity contribution in [1.29, 1.82) is 0 Å². The summed E-state index contributed by atoms with van der Waals surface area (Å²) in [6.45, 7) is 0.289. The highest BCUT2D eigenvalue weighted by molar-refractivity contribution is 6.30. The number of halogens is 1. The summed E-state index contributed by atoms with van der Waals surface area (Å²) in [4.78, 5) is 12.5. The fourth-order valence-electron chi connectivity index (χ4n) is 2.41. The highest BCUT2D eigenvalue weighted by Crippen LogP contribution is 2.10. The first-order valence-electron chi connectivity index (χ1n) is 7.73. The number of benzene rings is 2. The molecule has 24 heavy (non-hydrogen) atoms. The van der Waals surface area contributed by atoms with Gasteiger partial charge >= 0.3 is 0 Å². The number of Topliss-reactive ketones (excluding diaryl/α,β-unsaturated/α-hetero) is 1. The van der Waals surface area contributed by atoms with E-state index in [0.717, 1.165) is 11.3 Å². The van der Waals surface area contributed by atoms with Gasteiger partial charge in [0.25, 0.3) is 0 Å². The molecule has 0 amide bonds. The molecule has 118 valence electrons. The van der Waals surface area contributed by atoms with Crippen molar-refractivity contribution >= 4 is 29.5 Å². The topological polar surface area (TPSA) is 20.9 Å². The van der Waals surface area contributed by atoms with E-state index in [1.54, 1.807) is 24.3 Å². The zero-order chi connectivity index (χ0) is 16.8. The molecule has 0 aliphatic carbocycles. The number of ketones is 1. The molecule has 2 nitrogen and oxygen atoms in total. The number of rotatable bonds is 5. The number of carbonyl (C=O) groups excluding carboxylic acids is 1. The minimum absolute atomic E-state index is 0.0530. The van der Waals surface area contributed by atoms with Crippen molar-refractivity contribution in [2.75, 3.05) is 0 Å². The van der Waals surface area contributed by atoms with Crippen molar-refractivity contribution in [3.8, 4) is 0 Å². The molecule has 3 rings (SSSR count). The molecule has 0 saturated heterocycles. The molecule has 1 heterocycles. The fraction of sp³-hybridized carbons (Fsp3) is 0.0476. The van der Waals surface area contributed by atoms with E-state index in [4.69, 9.17) is 11.6 Å². The van der Waals surface area contributed by atoms with Crippen molar-refractivity contribution in [2.24, 2.45) is 0 Å². The highest BCUT2D eigenvalue weighted by atomic mass is 35.5. The van der Waals surface area contributed by atoms with Gasteiger partial charge in [-0.05, 0) is 42.0 Å². The van der Waals surface area contributed by atoms with E-state index < -0.39 is 0 Å². The smallest absolute Gasteiger partial charge is 0.227 e. The van der Waals surface area contributed by atoms with E-state index in [2.05, 4.69) is 0 Å². The van der Waals surface area contributed by atoms with E-state index in [9.17, 15) is 4.79 Å². The van der Waals surface area contributed by atoms with Gasteiger partial charge in [-0.2, -0.15) is 4.57 Å². The Morgan fingerprint density at radius 3 is 2.33 bits per heavy atom. The number of aromatic nitrogens is 1. The molecule has 1 aromatic heterocycles. The highest BCUT2D eigenvalue weighted by Gasteiger charge is 2.14. The lowest BCUT2D eigenvalue weighted by Crippen LogP contribution is -2.40. The number of nitrogens with zero attached hydrogens (tertiary/aromatic N) is 1. The lowest BCUT2D eigenvalue weighted by Gasteiger charge is -2.01. The third-order valence-corrected chi connectivity index (χ3v) is 3.95. The van der Waals surface area contributed by atoms with Crippen molar-refractivity contribution in [2.45, 2.75) is 6.54 Å². The van der Waals surface area contributed by atoms with Crippen LogP contribution in [0.25, 0.3) is 12.2 Å². The first-order valence-corrected chi connectivity index (χ1v) is 8.10. The van der Waals surface area contributed by atoms with E-state index in [1.807, 2.05) is 71.4 Å². The minimum Gasteiger partial charge on any atom is -0.287 e. The number of pyridine rings is 1. The second kappa shape index (κ2) is 7.71. The molecule has 0 fully saturated rings. The van der Waals surface area contributed by atoms with Gasteiger partial charge in [0.15, 0.2) is 6.20 Å². The standard InChI is InChI=1S/C21H17ClNO/c22-19-12-10-18(11-13-19)21(24)16-23-15-5-4-8-20(23)14-9-17-6-2-1-3-7-17/h1-15H,16H2/q+1/b14-9+. The molecule has 0 aliphatic rings. The van der Waals surface area contributed by atoms with Crippen LogP contribution in [0.2, 0.25) is 5.02 Å². The molecule has 0 radical (unpaired) electrons. The van der Waals surface area contributed by atoms with Crippen LogP contribution >= 0.6 is 11.6 Å². The Kier molecular flexibility index (Phi) is 5.19. The molecule has 0 saturated carbocycles. The van der Waals surface area contributed by atoms with Crippen LogP contribution in [0.1, 0.15) is 21.6 Å². The first-order chi connectivity index (χ1) is 11.7. The molecule has 3 aromatic rings. The summed E-state index contributed by atoms with van der Waals surface area (Å²) in [6.07, 6.45) is 5.97. The minimum atomic E-state index is 0.0530. The number of hydrogen-bond acceptors (Lipinski definition) is 1. The molecule has 0 N–H and O–H groups in total. The maximum absolute atomic E-state index is 12.5. The van der Waals surface area contributed by atoms with Crippen LogP contribution < -0.4 is 4.57 Å². The number of hydrogen-bond donors (Lipinski definition) is 0. The van der Waals surface area contributed by atoms with Crippen LogP contribution in [0.5, 0.6) is 0 Å². The van der Waals surface area contributed by atoms with Gasteiger partial charge in [0.2, 0.25) is 18.0 Å². The average molecular weight is 335 g/mol. The zero-order valence-corrected chi connectivity index (χ0v) is 13.9. The Bertz CT molecular complexity index is 855. The fourth-order valence-corrected chi connectivity index (χ4v) is 2.54. The van der Waals surface area contributed by atoms with E-state index in [1.165, 1.54) is 0 Å². The molecular weight excluding hydrogens is 318 g/mol. The number of carbonyl (C=O) groups is 1. The summed E-state index contributed by atoms with van der Waals surface area (Å²) in [7, 11) is 0. The van der Waals surface area contributed by atoms with Gasteiger partial charge in [0.05, 0.1) is 0 Å². The van der Waals surface area contributed by atoms with Gasteiger partial charge in [-0.25, -0.2) is 0 Å². The van der Waals surface area contributed by atoms with Crippen LogP contribution in [0.3, 0.4) is 0 Å².